The van der Waals surface area contributed by atoms with Crippen LogP contribution in [0.15, 0.2) is 24.3 Å². The number of rotatable bonds is 8. The van der Waals surface area contributed by atoms with Crippen molar-refractivity contribution in [2.45, 2.75) is 39.7 Å². The summed E-state index contributed by atoms with van der Waals surface area (Å²) >= 11 is 0. The quantitative estimate of drug-likeness (QED) is 0.689. The van der Waals surface area contributed by atoms with Gasteiger partial charge in [-0.15, -0.1) is 0 Å². The Morgan fingerprint density at radius 2 is 1.71 bits per heavy atom. The summed E-state index contributed by atoms with van der Waals surface area (Å²) in [7, 11) is 0. The lowest BCUT2D eigenvalue weighted by atomic mass is 10.0. The molecule has 1 rings (SSSR count). The molecule has 0 aliphatic heterocycles. The molecule has 0 heterocycles. The molecule has 5 nitrogen and oxygen atoms in total. The van der Waals surface area contributed by atoms with Crippen LogP contribution in [0.5, 0.6) is 0 Å². The van der Waals surface area contributed by atoms with E-state index in [-0.39, 0.29) is 12.5 Å². The van der Waals surface area contributed by atoms with Crippen LogP contribution in [0.2, 0.25) is 0 Å². The van der Waals surface area contributed by atoms with Crippen molar-refractivity contribution in [1.29, 1.82) is 0 Å². The van der Waals surface area contributed by atoms with E-state index in [0.29, 0.717) is 19.0 Å². The van der Waals surface area contributed by atoms with E-state index in [1.54, 1.807) is 12.1 Å². The highest BCUT2D eigenvalue weighted by Gasteiger charge is 2.09. The van der Waals surface area contributed by atoms with Gasteiger partial charge in [-0.3, -0.25) is 4.79 Å². The molecule has 0 aromatic heterocycles. The average Bonchev–Trinajstić information content (AvgIpc) is 2.47. The molecule has 0 radical (unpaired) electrons. The Morgan fingerprint density at radius 1 is 1.10 bits per heavy atom. The molecule has 0 saturated heterocycles. The molecule has 0 unspecified atom stereocenters. The van der Waals surface area contributed by atoms with Crippen molar-refractivity contribution in [2.24, 2.45) is 5.92 Å². The lowest BCUT2D eigenvalue weighted by Gasteiger charge is -2.14. The molecule has 21 heavy (non-hydrogen) atoms. The van der Waals surface area contributed by atoms with E-state index < -0.39 is 5.97 Å². The zero-order valence-electron chi connectivity index (χ0n) is 12.7. The summed E-state index contributed by atoms with van der Waals surface area (Å²) in [6.07, 6.45) is 2.05. The third-order valence-corrected chi connectivity index (χ3v) is 3.61. The van der Waals surface area contributed by atoms with Crippen LogP contribution < -0.4 is 10.6 Å². The Balaban J connectivity index is 2.47. The highest BCUT2D eigenvalue weighted by Crippen LogP contribution is 2.09. The highest BCUT2D eigenvalue weighted by atomic mass is 16.4. The summed E-state index contributed by atoms with van der Waals surface area (Å²) in [5.74, 6) is -0.379. The van der Waals surface area contributed by atoms with Crippen LogP contribution in [0, 0.1) is 5.92 Å². The number of aliphatic carboxylic acids is 1. The monoisotopic (exact) mass is 292 g/mol. The summed E-state index contributed by atoms with van der Waals surface area (Å²) in [5, 5.41) is 14.5. The number of nitrogens with one attached hydrogen (secondary N) is 2. The minimum absolute atomic E-state index is 0.0345. The average molecular weight is 292 g/mol. The standard InChI is InChI=1S/C16H24N2O3/c1-3-12(4-2)10-17-16(21)18-11-14-8-6-5-7-13(14)9-15(19)20/h5-8,12H,3-4,9-11H2,1-2H3,(H,19,20)(H2,17,18,21). The number of benzene rings is 1. The van der Waals surface area contributed by atoms with Crippen molar-refractivity contribution in [1.82, 2.24) is 10.6 Å². The Bertz CT molecular complexity index is 470. The number of urea groups is 1. The van der Waals surface area contributed by atoms with E-state index >= 15 is 0 Å². The van der Waals surface area contributed by atoms with E-state index in [1.165, 1.54) is 0 Å². The van der Waals surface area contributed by atoms with Crippen LogP contribution in [-0.2, 0) is 17.8 Å². The first-order valence-corrected chi connectivity index (χ1v) is 7.37. The van der Waals surface area contributed by atoms with Crippen LogP contribution in [0.25, 0.3) is 0 Å². The fourth-order valence-corrected chi connectivity index (χ4v) is 2.12. The molecule has 0 aliphatic rings. The van der Waals surface area contributed by atoms with E-state index in [9.17, 15) is 9.59 Å². The fraction of sp³-hybridized carbons (Fsp3) is 0.500. The van der Waals surface area contributed by atoms with Gasteiger partial charge >= 0.3 is 12.0 Å². The summed E-state index contributed by atoms with van der Waals surface area (Å²) in [4.78, 5) is 22.6. The molecule has 0 atom stereocenters. The molecule has 116 valence electrons. The number of carbonyl (C=O) groups excluding carboxylic acids is 1. The number of carboxylic acids is 1. The molecule has 1 aromatic rings. The summed E-state index contributed by atoms with van der Waals surface area (Å²) in [5.41, 5.74) is 1.56. The zero-order valence-corrected chi connectivity index (χ0v) is 12.7. The Morgan fingerprint density at radius 3 is 2.29 bits per heavy atom. The normalized spacial score (nSPS) is 10.4. The molecule has 5 heteroatoms. The second kappa shape index (κ2) is 9.00. The van der Waals surface area contributed by atoms with Crippen LogP contribution >= 0.6 is 0 Å². The fourth-order valence-electron chi connectivity index (χ4n) is 2.12. The van der Waals surface area contributed by atoms with Crippen molar-refractivity contribution in [2.75, 3.05) is 6.54 Å². The highest BCUT2D eigenvalue weighted by molar-refractivity contribution is 5.74. The van der Waals surface area contributed by atoms with Gasteiger partial charge in [0.1, 0.15) is 0 Å². The molecule has 2 amide bonds. The van der Waals surface area contributed by atoms with E-state index in [1.807, 2.05) is 12.1 Å². The van der Waals surface area contributed by atoms with Gasteiger partial charge in [-0.05, 0) is 17.0 Å². The van der Waals surface area contributed by atoms with Gasteiger partial charge in [0.2, 0.25) is 0 Å². The van der Waals surface area contributed by atoms with Crippen molar-refractivity contribution in [3.8, 4) is 0 Å². The smallest absolute Gasteiger partial charge is 0.315 e. The van der Waals surface area contributed by atoms with Gasteiger partial charge in [0.15, 0.2) is 0 Å². The van der Waals surface area contributed by atoms with Gasteiger partial charge in [0.25, 0.3) is 0 Å². The number of hydrogen-bond acceptors (Lipinski definition) is 2. The predicted molar refractivity (Wildman–Crippen MR) is 82.1 cm³/mol. The van der Waals surface area contributed by atoms with Crippen LogP contribution in [0.4, 0.5) is 4.79 Å². The van der Waals surface area contributed by atoms with Crippen molar-refractivity contribution in [3.63, 3.8) is 0 Å². The van der Waals surface area contributed by atoms with Gasteiger partial charge in [0, 0.05) is 13.1 Å². The molecule has 0 spiro atoms. The lowest BCUT2D eigenvalue weighted by Crippen LogP contribution is -2.37. The molecule has 0 aliphatic carbocycles. The van der Waals surface area contributed by atoms with Crippen LogP contribution in [-0.4, -0.2) is 23.7 Å². The summed E-state index contributed by atoms with van der Waals surface area (Å²) < 4.78 is 0. The third kappa shape index (κ3) is 6.29. The molecular weight excluding hydrogens is 268 g/mol. The molecule has 3 N–H and O–H groups in total. The topological polar surface area (TPSA) is 78.4 Å². The Labute approximate surface area is 125 Å². The van der Waals surface area contributed by atoms with Gasteiger partial charge in [-0.1, -0.05) is 51.0 Å². The number of carbonyl (C=O) groups is 2. The first kappa shape index (κ1) is 17.0. The minimum atomic E-state index is -0.874. The molecule has 0 saturated carbocycles. The maximum absolute atomic E-state index is 11.7. The molecular formula is C16H24N2O3. The van der Waals surface area contributed by atoms with E-state index in [4.69, 9.17) is 5.11 Å². The number of hydrogen-bond donors (Lipinski definition) is 3. The van der Waals surface area contributed by atoms with Gasteiger partial charge in [-0.2, -0.15) is 0 Å². The van der Waals surface area contributed by atoms with Crippen molar-refractivity contribution in [3.05, 3.63) is 35.4 Å². The second-order valence-corrected chi connectivity index (χ2v) is 5.09. The predicted octanol–water partition coefficient (Wildman–Crippen LogP) is 2.55. The third-order valence-electron chi connectivity index (χ3n) is 3.61. The molecule has 0 fully saturated rings. The van der Waals surface area contributed by atoms with Gasteiger partial charge in [-0.25, -0.2) is 4.79 Å². The minimum Gasteiger partial charge on any atom is -0.481 e. The van der Waals surface area contributed by atoms with Crippen molar-refractivity contribution >= 4 is 12.0 Å². The van der Waals surface area contributed by atoms with E-state index in [2.05, 4.69) is 24.5 Å². The summed E-state index contributed by atoms with van der Waals surface area (Å²) in [6.45, 7) is 5.21. The number of carboxylic acid groups (broad SMARTS) is 1. The van der Waals surface area contributed by atoms with Crippen LogP contribution in [0.3, 0.4) is 0 Å². The SMILES string of the molecule is CCC(CC)CNC(=O)NCc1ccccc1CC(=O)O. The first-order valence-electron chi connectivity index (χ1n) is 7.37. The second-order valence-electron chi connectivity index (χ2n) is 5.09. The molecule has 1 aromatic carbocycles. The van der Waals surface area contributed by atoms with Crippen molar-refractivity contribution < 1.29 is 14.7 Å². The largest absolute Gasteiger partial charge is 0.481 e. The maximum atomic E-state index is 11.7. The first-order chi connectivity index (χ1) is 10.1. The van der Waals surface area contributed by atoms with Crippen LogP contribution in [0.1, 0.15) is 37.8 Å². The van der Waals surface area contributed by atoms with Gasteiger partial charge < -0.3 is 15.7 Å². The maximum Gasteiger partial charge on any atom is 0.315 e. The Hall–Kier alpha value is -2.04. The Kier molecular flexibility index (Phi) is 7.29. The summed E-state index contributed by atoms with van der Waals surface area (Å²) in [6, 6.07) is 7.03. The lowest BCUT2D eigenvalue weighted by molar-refractivity contribution is -0.136. The zero-order chi connectivity index (χ0) is 15.7. The number of amides is 2. The molecule has 0 bridgehead atoms. The van der Waals surface area contributed by atoms with E-state index in [0.717, 1.165) is 24.0 Å². The van der Waals surface area contributed by atoms with Gasteiger partial charge in [0.05, 0.1) is 6.42 Å².